The van der Waals surface area contributed by atoms with Gasteiger partial charge in [0.15, 0.2) is 11.5 Å². The van der Waals surface area contributed by atoms with Gasteiger partial charge in [-0.3, -0.25) is 4.79 Å². The van der Waals surface area contributed by atoms with Crippen LogP contribution in [0.25, 0.3) is 11.2 Å². The zero-order valence-electron chi connectivity index (χ0n) is 20.3. The van der Waals surface area contributed by atoms with E-state index in [2.05, 4.69) is 30.7 Å². The Morgan fingerprint density at radius 2 is 1.83 bits per heavy atom. The van der Waals surface area contributed by atoms with Crippen molar-refractivity contribution in [1.29, 1.82) is 0 Å². The lowest BCUT2D eigenvalue weighted by Gasteiger charge is -2.34. The number of pyridine rings is 1. The third-order valence-corrected chi connectivity index (χ3v) is 6.87. The molecule has 4 aromatic heterocycles. The summed E-state index contributed by atoms with van der Waals surface area (Å²) in [5.41, 5.74) is 4.92. The van der Waals surface area contributed by atoms with Gasteiger partial charge >= 0.3 is 0 Å². The van der Waals surface area contributed by atoms with Gasteiger partial charge in [0.2, 0.25) is 5.88 Å². The number of imidazole rings is 1. The highest BCUT2D eigenvalue weighted by Gasteiger charge is 2.28. The molecule has 2 N–H and O–H groups in total. The maximum atomic E-state index is 13.3. The van der Waals surface area contributed by atoms with Crippen molar-refractivity contribution in [3.05, 3.63) is 47.4 Å². The highest BCUT2D eigenvalue weighted by Crippen LogP contribution is 2.30. The molecule has 0 spiro atoms. The number of aromatic nitrogens is 5. The van der Waals surface area contributed by atoms with Crippen LogP contribution in [0.3, 0.4) is 0 Å². The third kappa shape index (κ3) is 4.18. The van der Waals surface area contributed by atoms with Crippen molar-refractivity contribution in [2.45, 2.75) is 51.6 Å². The van der Waals surface area contributed by atoms with Gasteiger partial charge in [0, 0.05) is 31.2 Å². The first-order valence-corrected chi connectivity index (χ1v) is 12.2. The summed E-state index contributed by atoms with van der Waals surface area (Å²) in [4.78, 5) is 20.2. The number of nitrogens with zero attached hydrogens (tertiary/aromatic N) is 6. The highest BCUT2D eigenvalue weighted by atomic mass is 16.5. The molecule has 10 nitrogen and oxygen atoms in total. The van der Waals surface area contributed by atoms with Crippen LogP contribution in [0.1, 0.15) is 47.4 Å². The molecule has 6 rings (SSSR count). The molecule has 1 saturated heterocycles. The number of anilines is 2. The van der Waals surface area contributed by atoms with E-state index in [-0.39, 0.29) is 5.91 Å². The van der Waals surface area contributed by atoms with Crippen molar-refractivity contribution in [1.82, 2.24) is 29.5 Å². The number of nitrogens with one attached hydrogen (secondary N) is 2. The van der Waals surface area contributed by atoms with Crippen LogP contribution in [-0.2, 0) is 0 Å². The quantitative estimate of drug-likeness (QED) is 0.443. The summed E-state index contributed by atoms with van der Waals surface area (Å²) in [5, 5.41) is 15.7. The molecule has 0 bridgehead atoms. The summed E-state index contributed by atoms with van der Waals surface area (Å²) in [6.07, 6.45) is 6.68. The molecular weight excluding hydrogens is 444 g/mol. The second kappa shape index (κ2) is 8.53. The molecular formula is C25H30N8O2. The first-order valence-electron chi connectivity index (χ1n) is 12.2. The van der Waals surface area contributed by atoms with Gasteiger partial charge in [0.25, 0.3) is 5.91 Å². The Morgan fingerprint density at radius 3 is 2.57 bits per heavy atom. The fourth-order valence-corrected chi connectivity index (χ4v) is 4.94. The molecule has 4 aromatic rings. The number of hydrogen-bond acceptors (Lipinski definition) is 7. The molecule has 2 fully saturated rings. The number of ether oxygens (including phenoxy) is 1. The number of carbonyl (C=O) groups excluding carboxylic acids is 1. The first kappa shape index (κ1) is 21.8. The largest absolute Gasteiger partial charge is 0.480 e. The van der Waals surface area contributed by atoms with Gasteiger partial charge in [-0.15, -0.1) is 10.2 Å². The van der Waals surface area contributed by atoms with E-state index in [1.807, 2.05) is 44.3 Å². The summed E-state index contributed by atoms with van der Waals surface area (Å²) in [7, 11) is 1.59. The molecule has 1 aliphatic carbocycles. The number of methoxy groups -OCH3 is 1. The maximum Gasteiger partial charge on any atom is 0.275 e. The predicted octanol–water partition coefficient (Wildman–Crippen LogP) is 2.98. The van der Waals surface area contributed by atoms with Crippen LogP contribution in [-0.4, -0.2) is 62.4 Å². The molecule has 5 heterocycles. The summed E-state index contributed by atoms with van der Waals surface area (Å²) in [6, 6.07) is 8.88. The van der Waals surface area contributed by atoms with E-state index >= 15 is 0 Å². The molecule has 0 radical (unpaired) electrons. The van der Waals surface area contributed by atoms with Crippen molar-refractivity contribution >= 4 is 28.6 Å². The van der Waals surface area contributed by atoms with Crippen LogP contribution < -0.4 is 20.3 Å². The molecule has 2 aliphatic rings. The average molecular weight is 475 g/mol. The molecule has 182 valence electrons. The summed E-state index contributed by atoms with van der Waals surface area (Å²) in [5.74, 6) is 0.641. The van der Waals surface area contributed by atoms with Crippen LogP contribution in [0.5, 0.6) is 5.88 Å². The van der Waals surface area contributed by atoms with E-state index in [4.69, 9.17) is 4.74 Å². The molecule has 1 aliphatic heterocycles. The van der Waals surface area contributed by atoms with Crippen LogP contribution in [0, 0.1) is 13.8 Å². The second-order valence-corrected chi connectivity index (χ2v) is 9.61. The summed E-state index contributed by atoms with van der Waals surface area (Å²) in [6.45, 7) is 5.80. The van der Waals surface area contributed by atoms with Crippen LogP contribution in [0.4, 0.5) is 11.5 Å². The van der Waals surface area contributed by atoms with E-state index in [1.165, 1.54) is 12.8 Å². The maximum absolute atomic E-state index is 13.3. The molecule has 0 aromatic carbocycles. The molecule has 35 heavy (non-hydrogen) atoms. The van der Waals surface area contributed by atoms with E-state index in [9.17, 15) is 4.79 Å². The van der Waals surface area contributed by atoms with Crippen molar-refractivity contribution < 1.29 is 9.53 Å². The average Bonchev–Trinajstić information content (AvgIpc) is 3.41. The van der Waals surface area contributed by atoms with Gasteiger partial charge in [-0.25, -0.2) is 14.0 Å². The predicted molar refractivity (Wildman–Crippen MR) is 134 cm³/mol. The van der Waals surface area contributed by atoms with Crippen LogP contribution in [0.15, 0.2) is 30.5 Å². The Bertz CT molecular complexity index is 1410. The Morgan fingerprint density at radius 1 is 1.06 bits per heavy atom. The van der Waals surface area contributed by atoms with Gasteiger partial charge in [-0.1, -0.05) is 0 Å². The number of aryl methyl sites for hydroxylation is 2. The number of hydrogen-bond donors (Lipinski definition) is 2. The minimum atomic E-state index is -0.289. The normalized spacial score (nSPS) is 16.8. The minimum Gasteiger partial charge on any atom is -0.480 e. The van der Waals surface area contributed by atoms with Gasteiger partial charge in [-0.2, -0.15) is 0 Å². The standard InChI is InChI=1S/C25H30N8O2/c1-15-12-22(29-32-14-16(2)26-24(15)32)28-25(34)20-7-6-19(21-13-23(35-3)30-33(20)21)31-10-8-18(9-11-31)27-17-4-5-17/h6-7,12-14,17-18,27H,4-5,8-11H2,1-3H3,(H,28,29,34). The molecule has 10 heteroatoms. The van der Waals surface area contributed by atoms with E-state index in [0.29, 0.717) is 23.4 Å². The van der Waals surface area contributed by atoms with Gasteiger partial charge < -0.3 is 20.3 Å². The number of carbonyl (C=O) groups is 1. The topological polar surface area (TPSA) is 101 Å². The van der Waals surface area contributed by atoms with E-state index < -0.39 is 0 Å². The van der Waals surface area contributed by atoms with Crippen molar-refractivity contribution in [2.24, 2.45) is 0 Å². The molecule has 0 atom stereocenters. The Labute approximate surface area is 203 Å². The zero-order valence-corrected chi connectivity index (χ0v) is 20.3. The first-order chi connectivity index (χ1) is 17.0. The van der Waals surface area contributed by atoms with Gasteiger partial charge in [0.1, 0.15) is 5.69 Å². The van der Waals surface area contributed by atoms with Crippen LogP contribution >= 0.6 is 0 Å². The Hall–Kier alpha value is -3.66. The Balaban J connectivity index is 1.28. The third-order valence-electron chi connectivity index (χ3n) is 6.87. The van der Waals surface area contributed by atoms with E-state index in [1.54, 1.807) is 16.1 Å². The zero-order chi connectivity index (χ0) is 24.1. The smallest absolute Gasteiger partial charge is 0.275 e. The Kier molecular flexibility index (Phi) is 5.32. The summed E-state index contributed by atoms with van der Waals surface area (Å²) >= 11 is 0. The minimum absolute atomic E-state index is 0.289. The number of amides is 1. The van der Waals surface area contributed by atoms with E-state index in [0.717, 1.165) is 60.1 Å². The summed E-state index contributed by atoms with van der Waals surface area (Å²) < 4.78 is 8.78. The molecule has 1 saturated carbocycles. The fourth-order valence-electron chi connectivity index (χ4n) is 4.94. The molecule has 0 unspecified atom stereocenters. The van der Waals surface area contributed by atoms with Crippen LogP contribution in [0.2, 0.25) is 0 Å². The lowest BCUT2D eigenvalue weighted by Crippen LogP contribution is -2.43. The number of fused-ring (bicyclic) bond motifs is 2. The fraction of sp³-hybridized carbons (Fsp3) is 0.440. The lowest BCUT2D eigenvalue weighted by atomic mass is 10.0. The van der Waals surface area contributed by atoms with Gasteiger partial charge in [0.05, 0.1) is 30.2 Å². The SMILES string of the molecule is COc1cc2c(N3CCC(NC4CC4)CC3)ccc(C(=O)Nc3cc(C)c4nc(C)cn4n3)n2n1. The number of rotatable bonds is 6. The van der Waals surface area contributed by atoms with Crippen molar-refractivity contribution in [3.8, 4) is 5.88 Å². The van der Waals surface area contributed by atoms with Gasteiger partial charge in [-0.05, 0) is 63.3 Å². The monoisotopic (exact) mass is 474 g/mol. The number of piperidine rings is 1. The van der Waals surface area contributed by atoms with Crippen molar-refractivity contribution in [2.75, 3.05) is 30.4 Å². The lowest BCUT2D eigenvalue weighted by molar-refractivity contribution is 0.101. The highest BCUT2D eigenvalue weighted by molar-refractivity contribution is 6.03. The molecule has 1 amide bonds. The van der Waals surface area contributed by atoms with Crippen molar-refractivity contribution in [3.63, 3.8) is 0 Å². The second-order valence-electron chi connectivity index (χ2n) is 9.61.